The van der Waals surface area contributed by atoms with Gasteiger partial charge in [-0.25, -0.2) is 15.8 Å². The fraction of sp³-hybridized carbons (Fsp3) is 0.286. The van der Waals surface area contributed by atoms with Crippen LogP contribution in [0.25, 0.3) is 0 Å². The standard InChI is InChI=1S/C14H19N5/c1-8-5-6-12(9(2)7-8)18-13-10(3)14(19-15)17-11(4)16-13/h5-7H,15H2,1-4H3,(H2,16,17,18,19). The van der Waals surface area contributed by atoms with Gasteiger partial charge in [-0.3, -0.25) is 0 Å². The first-order valence-corrected chi connectivity index (χ1v) is 6.17. The van der Waals surface area contributed by atoms with Gasteiger partial charge in [-0.1, -0.05) is 17.7 Å². The van der Waals surface area contributed by atoms with Crippen molar-refractivity contribution in [2.45, 2.75) is 27.7 Å². The fourth-order valence-electron chi connectivity index (χ4n) is 1.97. The van der Waals surface area contributed by atoms with Gasteiger partial charge in [0.1, 0.15) is 17.5 Å². The lowest BCUT2D eigenvalue weighted by atomic mass is 10.1. The average Bonchev–Trinajstić information content (AvgIpc) is 2.36. The van der Waals surface area contributed by atoms with Crippen LogP contribution in [-0.4, -0.2) is 9.97 Å². The highest BCUT2D eigenvalue weighted by Gasteiger charge is 2.09. The van der Waals surface area contributed by atoms with Crippen molar-refractivity contribution in [3.05, 3.63) is 40.7 Å². The summed E-state index contributed by atoms with van der Waals surface area (Å²) in [6.45, 7) is 7.92. The smallest absolute Gasteiger partial charge is 0.148 e. The Morgan fingerprint density at radius 1 is 1.00 bits per heavy atom. The van der Waals surface area contributed by atoms with E-state index in [-0.39, 0.29) is 0 Å². The number of rotatable bonds is 3. The molecular formula is C14H19N5. The van der Waals surface area contributed by atoms with Crippen LogP contribution in [0.4, 0.5) is 17.3 Å². The van der Waals surface area contributed by atoms with Crippen molar-refractivity contribution in [3.63, 3.8) is 0 Å². The third-order valence-corrected chi connectivity index (χ3v) is 3.03. The summed E-state index contributed by atoms with van der Waals surface area (Å²) in [7, 11) is 0. The molecule has 0 bridgehead atoms. The summed E-state index contributed by atoms with van der Waals surface area (Å²) >= 11 is 0. The van der Waals surface area contributed by atoms with E-state index in [0.717, 1.165) is 17.1 Å². The highest BCUT2D eigenvalue weighted by atomic mass is 15.3. The average molecular weight is 257 g/mol. The normalized spacial score (nSPS) is 10.4. The van der Waals surface area contributed by atoms with Gasteiger partial charge in [0.2, 0.25) is 0 Å². The number of nitrogen functional groups attached to an aromatic ring is 1. The van der Waals surface area contributed by atoms with Crippen LogP contribution in [0.15, 0.2) is 18.2 Å². The summed E-state index contributed by atoms with van der Waals surface area (Å²) in [5.74, 6) is 7.54. The van der Waals surface area contributed by atoms with Crippen molar-refractivity contribution in [2.75, 3.05) is 10.7 Å². The molecule has 0 atom stereocenters. The molecule has 0 amide bonds. The Labute approximate surface area is 113 Å². The molecule has 0 aliphatic carbocycles. The molecule has 1 heterocycles. The number of nitrogens with two attached hydrogens (primary N) is 1. The first-order valence-electron chi connectivity index (χ1n) is 6.17. The number of nitrogens with zero attached hydrogens (tertiary/aromatic N) is 2. The Morgan fingerprint density at radius 2 is 1.68 bits per heavy atom. The second-order valence-corrected chi connectivity index (χ2v) is 4.68. The summed E-state index contributed by atoms with van der Waals surface area (Å²) < 4.78 is 0. The van der Waals surface area contributed by atoms with Gasteiger partial charge >= 0.3 is 0 Å². The minimum atomic E-state index is 0.639. The van der Waals surface area contributed by atoms with Crippen LogP contribution in [-0.2, 0) is 0 Å². The lowest BCUT2D eigenvalue weighted by Gasteiger charge is -2.14. The molecule has 1 aromatic heterocycles. The van der Waals surface area contributed by atoms with E-state index >= 15 is 0 Å². The van der Waals surface area contributed by atoms with Crippen LogP contribution in [0.1, 0.15) is 22.5 Å². The minimum absolute atomic E-state index is 0.639. The molecule has 0 spiro atoms. The first kappa shape index (κ1) is 13.3. The molecule has 2 aromatic rings. The maximum absolute atomic E-state index is 5.46. The molecular weight excluding hydrogens is 238 g/mol. The molecule has 4 N–H and O–H groups in total. The molecule has 0 fully saturated rings. The van der Waals surface area contributed by atoms with Crippen LogP contribution < -0.4 is 16.6 Å². The van der Waals surface area contributed by atoms with Crippen LogP contribution in [0.5, 0.6) is 0 Å². The highest BCUT2D eigenvalue weighted by molar-refractivity contribution is 5.66. The number of hydrazine groups is 1. The topological polar surface area (TPSA) is 75.9 Å². The second-order valence-electron chi connectivity index (χ2n) is 4.68. The molecule has 0 aliphatic rings. The molecule has 100 valence electrons. The van der Waals surface area contributed by atoms with Crippen molar-refractivity contribution >= 4 is 17.3 Å². The molecule has 0 unspecified atom stereocenters. The molecule has 2 rings (SSSR count). The van der Waals surface area contributed by atoms with Crippen LogP contribution >= 0.6 is 0 Å². The lowest BCUT2D eigenvalue weighted by molar-refractivity contribution is 1.03. The van der Waals surface area contributed by atoms with Crippen molar-refractivity contribution in [3.8, 4) is 0 Å². The number of nitrogens with one attached hydrogen (secondary N) is 2. The molecule has 0 aliphatic heterocycles. The number of hydrogen-bond donors (Lipinski definition) is 3. The second kappa shape index (κ2) is 5.24. The van der Waals surface area contributed by atoms with Gasteiger partial charge in [-0.15, -0.1) is 0 Å². The maximum atomic E-state index is 5.46. The van der Waals surface area contributed by atoms with Gasteiger partial charge in [0.25, 0.3) is 0 Å². The summed E-state index contributed by atoms with van der Waals surface area (Å²) in [5.41, 5.74) is 6.95. The SMILES string of the molecule is Cc1ccc(Nc2nc(C)nc(NN)c2C)c(C)c1. The van der Waals surface area contributed by atoms with Crippen LogP contribution in [0.2, 0.25) is 0 Å². The van der Waals surface area contributed by atoms with E-state index in [2.05, 4.69) is 52.8 Å². The molecule has 0 saturated carbocycles. The van der Waals surface area contributed by atoms with Crippen LogP contribution in [0, 0.1) is 27.7 Å². The number of aryl methyl sites for hydroxylation is 3. The molecule has 1 aromatic carbocycles. The van der Waals surface area contributed by atoms with Crippen molar-refractivity contribution in [2.24, 2.45) is 5.84 Å². The summed E-state index contributed by atoms with van der Waals surface area (Å²) in [4.78, 5) is 8.67. The third-order valence-electron chi connectivity index (χ3n) is 3.03. The molecule has 0 saturated heterocycles. The lowest BCUT2D eigenvalue weighted by Crippen LogP contribution is -2.13. The van der Waals surface area contributed by atoms with Crippen molar-refractivity contribution in [1.82, 2.24) is 9.97 Å². The molecule has 5 nitrogen and oxygen atoms in total. The summed E-state index contributed by atoms with van der Waals surface area (Å²) in [6, 6.07) is 6.26. The Bertz CT molecular complexity index is 607. The predicted octanol–water partition coefficient (Wildman–Crippen LogP) is 2.74. The Kier molecular flexibility index (Phi) is 3.66. The number of hydrogen-bond acceptors (Lipinski definition) is 5. The Hall–Kier alpha value is -2.14. The quantitative estimate of drug-likeness (QED) is 0.582. The molecule has 19 heavy (non-hydrogen) atoms. The van der Waals surface area contributed by atoms with E-state index in [1.54, 1.807) is 0 Å². The van der Waals surface area contributed by atoms with E-state index in [9.17, 15) is 0 Å². The Morgan fingerprint density at radius 3 is 2.32 bits per heavy atom. The van der Waals surface area contributed by atoms with E-state index < -0.39 is 0 Å². The number of anilines is 3. The van der Waals surface area contributed by atoms with Crippen molar-refractivity contribution in [1.29, 1.82) is 0 Å². The van der Waals surface area contributed by atoms with E-state index in [1.165, 1.54) is 11.1 Å². The zero-order valence-electron chi connectivity index (χ0n) is 11.7. The van der Waals surface area contributed by atoms with E-state index in [1.807, 2.05) is 13.8 Å². The highest BCUT2D eigenvalue weighted by Crippen LogP contribution is 2.25. The summed E-state index contributed by atoms with van der Waals surface area (Å²) in [6.07, 6.45) is 0. The fourth-order valence-corrected chi connectivity index (χ4v) is 1.97. The van der Waals surface area contributed by atoms with Crippen molar-refractivity contribution < 1.29 is 0 Å². The Balaban J connectivity index is 2.40. The van der Waals surface area contributed by atoms with E-state index in [0.29, 0.717) is 11.6 Å². The molecule has 0 radical (unpaired) electrons. The minimum Gasteiger partial charge on any atom is -0.340 e. The zero-order chi connectivity index (χ0) is 14.0. The first-order chi connectivity index (χ1) is 9.01. The third kappa shape index (κ3) is 2.82. The zero-order valence-corrected chi connectivity index (χ0v) is 11.7. The van der Waals surface area contributed by atoms with Gasteiger partial charge in [0.15, 0.2) is 0 Å². The predicted molar refractivity (Wildman–Crippen MR) is 78.5 cm³/mol. The van der Waals surface area contributed by atoms with E-state index in [4.69, 9.17) is 5.84 Å². The van der Waals surface area contributed by atoms with Gasteiger partial charge < -0.3 is 10.7 Å². The van der Waals surface area contributed by atoms with Gasteiger partial charge in [-0.05, 0) is 39.3 Å². The van der Waals surface area contributed by atoms with Gasteiger partial charge in [-0.2, -0.15) is 0 Å². The number of benzene rings is 1. The number of aromatic nitrogens is 2. The van der Waals surface area contributed by atoms with Gasteiger partial charge in [0, 0.05) is 11.3 Å². The molecule has 5 heteroatoms. The monoisotopic (exact) mass is 257 g/mol. The largest absolute Gasteiger partial charge is 0.340 e. The van der Waals surface area contributed by atoms with Gasteiger partial charge in [0.05, 0.1) is 0 Å². The summed E-state index contributed by atoms with van der Waals surface area (Å²) in [5, 5.41) is 3.34. The maximum Gasteiger partial charge on any atom is 0.148 e. The van der Waals surface area contributed by atoms with Crippen LogP contribution in [0.3, 0.4) is 0 Å².